The molecule has 1 aromatic rings. The van der Waals surface area contributed by atoms with Crippen LogP contribution >= 0.6 is 0 Å². The molecule has 19 heavy (non-hydrogen) atoms. The zero-order valence-corrected chi connectivity index (χ0v) is 11.0. The highest BCUT2D eigenvalue weighted by molar-refractivity contribution is 5.73. The lowest BCUT2D eigenvalue weighted by molar-refractivity contribution is -0.142. The van der Waals surface area contributed by atoms with Gasteiger partial charge in [-0.3, -0.25) is 0 Å². The van der Waals surface area contributed by atoms with Crippen LogP contribution in [0.15, 0.2) is 24.3 Å². The molecule has 0 spiro atoms. The summed E-state index contributed by atoms with van der Waals surface area (Å²) >= 11 is 0. The molecule has 1 N–H and O–H groups in total. The van der Waals surface area contributed by atoms with E-state index in [1.54, 1.807) is 0 Å². The molecule has 0 aromatic heterocycles. The number of fused-ring (bicyclic) bond motifs is 1. The molecule has 4 heteroatoms. The number of benzene rings is 1. The summed E-state index contributed by atoms with van der Waals surface area (Å²) in [7, 11) is 1.34. The largest absolute Gasteiger partial charge is 0.482 e. The fourth-order valence-corrected chi connectivity index (χ4v) is 2.37. The summed E-state index contributed by atoms with van der Waals surface area (Å²) < 4.78 is 10.1. The smallest absolute Gasteiger partial charge is 0.343 e. The topological polar surface area (TPSA) is 55.8 Å². The number of rotatable bonds is 4. The fraction of sp³-hybridized carbons (Fsp3) is 0.400. The number of carbonyl (C=O) groups excluding carboxylic acids is 1. The Morgan fingerprint density at radius 3 is 3.00 bits per heavy atom. The van der Waals surface area contributed by atoms with Gasteiger partial charge in [-0.15, -0.1) is 0 Å². The summed E-state index contributed by atoms with van der Waals surface area (Å²) in [5.41, 5.74) is 3.37. The normalized spacial score (nSPS) is 16.0. The van der Waals surface area contributed by atoms with Crippen molar-refractivity contribution in [2.24, 2.45) is 0 Å². The number of ether oxygens (including phenoxy) is 2. The van der Waals surface area contributed by atoms with Crippen LogP contribution in [0.5, 0.6) is 5.75 Å². The number of hydrogen-bond donors (Lipinski definition) is 1. The molecular formula is C15H18O4. The van der Waals surface area contributed by atoms with Crippen LogP contribution in [0.1, 0.15) is 24.0 Å². The predicted molar refractivity (Wildman–Crippen MR) is 72.0 cm³/mol. The molecule has 1 aromatic carbocycles. The Kier molecular flexibility index (Phi) is 4.58. The molecule has 0 saturated carbocycles. The Morgan fingerprint density at radius 2 is 2.26 bits per heavy atom. The lowest BCUT2D eigenvalue weighted by atomic mass is 9.86. The number of carbonyl (C=O) groups is 1. The highest BCUT2D eigenvalue weighted by atomic mass is 16.6. The zero-order valence-electron chi connectivity index (χ0n) is 11.0. The Labute approximate surface area is 112 Å². The molecule has 0 fully saturated rings. The summed E-state index contributed by atoms with van der Waals surface area (Å²) in [6, 6.07) is 5.80. The van der Waals surface area contributed by atoms with E-state index in [-0.39, 0.29) is 19.2 Å². The predicted octanol–water partition coefficient (Wildman–Crippen LogP) is 1.95. The number of allylic oxidation sites excluding steroid dienone is 1. The molecule has 2 rings (SSSR count). The summed E-state index contributed by atoms with van der Waals surface area (Å²) in [5, 5.41) is 9.05. The minimum atomic E-state index is -0.389. The second-order valence-electron chi connectivity index (χ2n) is 4.41. The molecule has 0 aliphatic heterocycles. The SMILES string of the molecule is COC(=O)COc1cccc2c1CCC/C2=C/CO. The van der Waals surface area contributed by atoms with Gasteiger partial charge in [0.25, 0.3) is 0 Å². The number of esters is 1. The molecule has 0 amide bonds. The molecule has 0 atom stereocenters. The summed E-state index contributed by atoms with van der Waals surface area (Å²) in [4.78, 5) is 11.1. The molecule has 0 unspecified atom stereocenters. The Hall–Kier alpha value is -1.81. The Bertz CT molecular complexity index is 491. The molecule has 0 radical (unpaired) electrons. The molecule has 102 valence electrons. The van der Waals surface area contributed by atoms with Crippen molar-refractivity contribution < 1.29 is 19.4 Å². The molecule has 1 aliphatic rings. The third-order valence-corrected chi connectivity index (χ3v) is 3.26. The minimum absolute atomic E-state index is 0.0437. The van der Waals surface area contributed by atoms with Gasteiger partial charge in [-0.2, -0.15) is 0 Å². The van der Waals surface area contributed by atoms with Crippen molar-refractivity contribution in [3.8, 4) is 5.75 Å². The lowest BCUT2D eigenvalue weighted by Crippen LogP contribution is -2.14. The van der Waals surface area contributed by atoms with Gasteiger partial charge in [0, 0.05) is 5.56 Å². The van der Waals surface area contributed by atoms with Crippen LogP contribution in [0.25, 0.3) is 5.57 Å². The van der Waals surface area contributed by atoms with Gasteiger partial charge in [-0.1, -0.05) is 18.2 Å². The van der Waals surface area contributed by atoms with Gasteiger partial charge < -0.3 is 14.6 Å². The molecule has 1 aliphatic carbocycles. The zero-order chi connectivity index (χ0) is 13.7. The van der Waals surface area contributed by atoms with Crippen LogP contribution in [0.2, 0.25) is 0 Å². The van der Waals surface area contributed by atoms with E-state index in [9.17, 15) is 4.79 Å². The van der Waals surface area contributed by atoms with E-state index in [2.05, 4.69) is 4.74 Å². The van der Waals surface area contributed by atoms with Gasteiger partial charge in [-0.25, -0.2) is 4.79 Å². The summed E-state index contributed by atoms with van der Waals surface area (Å²) in [6.07, 6.45) is 4.75. The monoisotopic (exact) mass is 262 g/mol. The van der Waals surface area contributed by atoms with E-state index in [0.29, 0.717) is 0 Å². The second kappa shape index (κ2) is 6.38. The van der Waals surface area contributed by atoms with Crippen LogP contribution in [-0.2, 0) is 16.0 Å². The van der Waals surface area contributed by atoms with E-state index in [1.165, 1.54) is 7.11 Å². The summed E-state index contributed by atoms with van der Waals surface area (Å²) in [6.45, 7) is -0.0337. The van der Waals surface area contributed by atoms with Crippen molar-refractivity contribution in [3.05, 3.63) is 35.4 Å². The summed E-state index contributed by atoms with van der Waals surface area (Å²) in [5.74, 6) is 0.339. The van der Waals surface area contributed by atoms with Crippen molar-refractivity contribution in [1.29, 1.82) is 0 Å². The van der Waals surface area contributed by atoms with Gasteiger partial charge >= 0.3 is 5.97 Å². The van der Waals surface area contributed by atoms with E-state index in [0.717, 1.165) is 41.7 Å². The van der Waals surface area contributed by atoms with E-state index in [4.69, 9.17) is 9.84 Å². The van der Waals surface area contributed by atoms with Gasteiger partial charge in [0.2, 0.25) is 0 Å². The molecule has 0 heterocycles. The van der Waals surface area contributed by atoms with Crippen molar-refractivity contribution in [2.45, 2.75) is 19.3 Å². The van der Waals surface area contributed by atoms with Crippen LogP contribution in [-0.4, -0.2) is 31.4 Å². The van der Waals surface area contributed by atoms with E-state index < -0.39 is 0 Å². The number of hydrogen-bond acceptors (Lipinski definition) is 4. The number of aliphatic hydroxyl groups excluding tert-OH is 1. The van der Waals surface area contributed by atoms with Gasteiger partial charge in [0.05, 0.1) is 13.7 Å². The first-order valence-corrected chi connectivity index (χ1v) is 6.38. The van der Waals surface area contributed by atoms with Gasteiger partial charge in [0.15, 0.2) is 6.61 Å². The lowest BCUT2D eigenvalue weighted by Gasteiger charge is -2.21. The highest BCUT2D eigenvalue weighted by Gasteiger charge is 2.18. The maximum absolute atomic E-state index is 11.1. The minimum Gasteiger partial charge on any atom is -0.482 e. The second-order valence-corrected chi connectivity index (χ2v) is 4.41. The average Bonchev–Trinajstić information content (AvgIpc) is 2.45. The van der Waals surface area contributed by atoms with E-state index in [1.807, 2.05) is 24.3 Å². The maximum Gasteiger partial charge on any atom is 0.343 e. The van der Waals surface area contributed by atoms with Gasteiger partial charge in [-0.05, 0) is 36.5 Å². The van der Waals surface area contributed by atoms with Gasteiger partial charge in [0.1, 0.15) is 5.75 Å². The quantitative estimate of drug-likeness (QED) is 0.843. The Balaban J connectivity index is 2.25. The van der Waals surface area contributed by atoms with Crippen molar-refractivity contribution in [2.75, 3.05) is 20.3 Å². The first-order valence-electron chi connectivity index (χ1n) is 6.38. The van der Waals surface area contributed by atoms with Crippen molar-refractivity contribution in [3.63, 3.8) is 0 Å². The third kappa shape index (κ3) is 3.15. The maximum atomic E-state index is 11.1. The standard InChI is InChI=1S/C15H18O4/c1-18-15(17)10-19-14-7-3-5-12-11(8-9-16)4-2-6-13(12)14/h3,5,7-8,16H,2,4,6,9-10H2,1H3/b11-8-. The third-order valence-electron chi connectivity index (χ3n) is 3.26. The van der Waals surface area contributed by atoms with Crippen LogP contribution in [0, 0.1) is 0 Å². The first kappa shape index (κ1) is 13.6. The number of aliphatic hydroxyl groups is 1. The molecular weight excluding hydrogens is 244 g/mol. The van der Waals surface area contributed by atoms with Crippen LogP contribution < -0.4 is 4.74 Å². The van der Waals surface area contributed by atoms with E-state index >= 15 is 0 Å². The van der Waals surface area contributed by atoms with Crippen molar-refractivity contribution >= 4 is 11.5 Å². The number of methoxy groups -OCH3 is 1. The molecule has 4 nitrogen and oxygen atoms in total. The van der Waals surface area contributed by atoms with Crippen LogP contribution in [0.3, 0.4) is 0 Å². The molecule has 0 bridgehead atoms. The average molecular weight is 262 g/mol. The fourth-order valence-electron chi connectivity index (χ4n) is 2.37. The van der Waals surface area contributed by atoms with Crippen LogP contribution in [0.4, 0.5) is 0 Å². The molecule has 0 saturated heterocycles. The highest BCUT2D eigenvalue weighted by Crippen LogP contribution is 2.35. The Morgan fingerprint density at radius 1 is 1.42 bits per heavy atom. The van der Waals surface area contributed by atoms with Crippen molar-refractivity contribution in [1.82, 2.24) is 0 Å². The first-order chi connectivity index (χ1) is 9.26.